The highest BCUT2D eigenvalue weighted by molar-refractivity contribution is 5.40. The Morgan fingerprint density at radius 2 is 1.82 bits per heavy atom. The maximum atomic E-state index is 8.70. The van der Waals surface area contributed by atoms with Gasteiger partial charge in [0.15, 0.2) is 0 Å². The van der Waals surface area contributed by atoms with Crippen LogP contribution in [0.15, 0.2) is 24.3 Å². The van der Waals surface area contributed by atoms with Crippen LogP contribution in [-0.2, 0) is 0 Å². The van der Waals surface area contributed by atoms with Gasteiger partial charge in [-0.2, -0.15) is 0 Å². The Labute approximate surface area is 65.6 Å². The molecular formula is C8H12N2O. The minimum Gasteiger partial charge on any atom is -0.399 e. The van der Waals surface area contributed by atoms with Gasteiger partial charge in [-0.25, -0.2) is 0 Å². The van der Waals surface area contributed by atoms with Crippen molar-refractivity contribution in [1.29, 1.82) is 0 Å². The van der Waals surface area contributed by atoms with Crippen molar-refractivity contribution in [3.8, 4) is 0 Å². The van der Waals surface area contributed by atoms with Crippen molar-refractivity contribution < 1.29 is 5.11 Å². The second kappa shape index (κ2) is 3.37. The summed E-state index contributed by atoms with van der Waals surface area (Å²) in [7, 11) is 0. The number of aliphatic hydroxyl groups is 1. The largest absolute Gasteiger partial charge is 0.399 e. The zero-order valence-electron chi connectivity index (χ0n) is 6.20. The Bertz CT molecular complexity index is 220. The normalized spacial score (nSPS) is 12.9. The van der Waals surface area contributed by atoms with Gasteiger partial charge in [-0.15, -0.1) is 0 Å². The number of hydrogen-bond donors (Lipinski definition) is 3. The molecule has 1 atom stereocenters. The third-order valence-electron chi connectivity index (χ3n) is 1.56. The Morgan fingerprint density at radius 1 is 1.27 bits per heavy atom. The Balaban J connectivity index is 2.81. The van der Waals surface area contributed by atoms with Gasteiger partial charge >= 0.3 is 0 Å². The third kappa shape index (κ3) is 1.93. The van der Waals surface area contributed by atoms with Crippen molar-refractivity contribution in [2.45, 2.75) is 6.04 Å². The van der Waals surface area contributed by atoms with Gasteiger partial charge < -0.3 is 16.6 Å². The molecule has 60 valence electrons. The molecule has 0 saturated heterocycles. The van der Waals surface area contributed by atoms with Gasteiger partial charge in [-0.1, -0.05) is 12.1 Å². The van der Waals surface area contributed by atoms with Crippen molar-refractivity contribution in [1.82, 2.24) is 0 Å². The molecule has 0 fully saturated rings. The van der Waals surface area contributed by atoms with Crippen molar-refractivity contribution >= 4 is 5.69 Å². The quantitative estimate of drug-likeness (QED) is 0.532. The third-order valence-corrected chi connectivity index (χ3v) is 1.56. The molecule has 0 saturated carbocycles. The lowest BCUT2D eigenvalue weighted by Gasteiger charge is -2.07. The first kappa shape index (κ1) is 8.04. The van der Waals surface area contributed by atoms with E-state index < -0.39 is 0 Å². The molecule has 5 N–H and O–H groups in total. The fraction of sp³-hybridized carbons (Fsp3) is 0.250. The van der Waals surface area contributed by atoms with Gasteiger partial charge in [0.2, 0.25) is 0 Å². The summed E-state index contributed by atoms with van der Waals surface area (Å²) in [5.41, 5.74) is 12.6. The summed E-state index contributed by atoms with van der Waals surface area (Å²) in [4.78, 5) is 0. The van der Waals surface area contributed by atoms with Crippen LogP contribution in [0.1, 0.15) is 11.6 Å². The summed E-state index contributed by atoms with van der Waals surface area (Å²) in [5, 5.41) is 8.70. The van der Waals surface area contributed by atoms with Crippen molar-refractivity contribution in [3.05, 3.63) is 29.8 Å². The molecule has 0 aliphatic rings. The van der Waals surface area contributed by atoms with E-state index in [2.05, 4.69) is 0 Å². The predicted octanol–water partition coefficient (Wildman–Crippen LogP) is 0.261. The number of hydrogen-bond acceptors (Lipinski definition) is 3. The van der Waals surface area contributed by atoms with E-state index in [-0.39, 0.29) is 12.6 Å². The highest BCUT2D eigenvalue weighted by atomic mass is 16.3. The van der Waals surface area contributed by atoms with Crippen molar-refractivity contribution in [2.75, 3.05) is 12.3 Å². The van der Waals surface area contributed by atoms with Gasteiger partial charge in [-0.05, 0) is 17.7 Å². The molecule has 0 spiro atoms. The van der Waals surface area contributed by atoms with Gasteiger partial charge in [0.05, 0.1) is 12.6 Å². The van der Waals surface area contributed by atoms with Crippen molar-refractivity contribution in [3.63, 3.8) is 0 Å². The summed E-state index contributed by atoms with van der Waals surface area (Å²) in [6, 6.07) is 6.87. The number of rotatable bonds is 2. The van der Waals surface area contributed by atoms with E-state index in [4.69, 9.17) is 16.6 Å². The average Bonchev–Trinajstić information content (AvgIpc) is 2.05. The van der Waals surface area contributed by atoms with E-state index in [1.54, 1.807) is 12.1 Å². The molecule has 0 unspecified atom stereocenters. The second-order valence-corrected chi connectivity index (χ2v) is 2.46. The lowest BCUT2D eigenvalue weighted by atomic mass is 10.1. The molecule has 0 bridgehead atoms. The molecule has 3 nitrogen and oxygen atoms in total. The fourth-order valence-corrected chi connectivity index (χ4v) is 0.849. The Morgan fingerprint density at radius 3 is 2.27 bits per heavy atom. The Hall–Kier alpha value is -1.06. The summed E-state index contributed by atoms with van der Waals surface area (Å²) in [6.07, 6.45) is 0. The van der Waals surface area contributed by atoms with Gasteiger partial charge in [0.25, 0.3) is 0 Å². The summed E-state index contributed by atoms with van der Waals surface area (Å²) in [5.74, 6) is 0. The molecule has 1 aromatic carbocycles. The van der Waals surface area contributed by atoms with Crippen LogP contribution in [0.25, 0.3) is 0 Å². The van der Waals surface area contributed by atoms with E-state index in [9.17, 15) is 0 Å². The summed E-state index contributed by atoms with van der Waals surface area (Å²) >= 11 is 0. The standard InChI is InChI=1S/C8H12N2O/c9-7-3-1-6(2-4-7)8(10)5-11/h1-4,8,11H,5,9-10H2/t8-/m0/s1. The van der Waals surface area contributed by atoms with Crippen LogP contribution < -0.4 is 11.5 Å². The lowest BCUT2D eigenvalue weighted by molar-refractivity contribution is 0.268. The smallest absolute Gasteiger partial charge is 0.0624 e. The number of nitrogen functional groups attached to an aromatic ring is 1. The van der Waals surface area contributed by atoms with Gasteiger partial charge in [-0.3, -0.25) is 0 Å². The maximum absolute atomic E-state index is 8.70. The number of nitrogens with two attached hydrogens (primary N) is 2. The fourth-order valence-electron chi connectivity index (χ4n) is 0.849. The van der Waals surface area contributed by atoms with Crippen LogP contribution in [0, 0.1) is 0 Å². The molecule has 1 aromatic rings. The van der Waals surface area contributed by atoms with E-state index in [0.717, 1.165) is 5.56 Å². The molecule has 0 aromatic heterocycles. The number of aliphatic hydroxyl groups excluding tert-OH is 1. The first-order chi connectivity index (χ1) is 5.24. The second-order valence-electron chi connectivity index (χ2n) is 2.46. The maximum Gasteiger partial charge on any atom is 0.0624 e. The van der Waals surface area contributed by atoms with Crippen LogP contribution in [0.2, 0.25) is 0 Å². The van der Waals surface area contributed by atoms with Crippen LogP contribution >= 0.6 is 0 Å². The molecule has 0 amide bonds. The predicted molar refractivity (Wildman–Crippen MR) is 44.9 cm³/mol. The molecule has 0 aliphatic heterocycles. The van der Waals surface area contributed by atoms with Crippen molar-refractivity contribution in [2.24, 2.45) is 5.73 Å². The summed E-state index contributed by atoms with van der Waals surface area (Å²) < 4.78 is 0. The molecule has 11 heavy (non-hydrogen) atoms. The molecule has 0 radical (unpaired) electrons. The minimum atomic E-state index is -0.296. The topological polar surface area (TPSA) is 72.3 Å². The molecule has 0 aliphatic carbocycles. The zero-order chi connectivity index (χ0) is 8.27. The molecule has 0 heterocycles. The van der Waals surface area contributed by atoms with Crippen LogP contribution in [-0.4, -0.2) is 11.7 Å². The first-order valence-electron chi connectivity index (χ1n) is 3.46. The zero-order valence-corrected chi connectivity index (χ0v) is 6.20. The van der Waals surface area contributed by atoms with E-state index in [1.165, 1.54) is 0 Å². The lowest BCUT2D eigenvalue weighted by Crippen LogP contribution is -2.14. The molecule has 1 rings (SSSR count). The molecule has 3 heteroatoms. The summed E-state index contributed by atoms with van der Waals surface area (Å²) in [6.45, 7) is -0.0378. The van der Waals surface area contributed by atoms with Gasteiger partial charge in [0.1, 0.15) is 0 Å². The van der Waals surface area contributed by atoms with Gasteiger partial charge in [0, 0.05) is 5.69 Å². The van der Waals surface area contributed by atoms with E-state index in [0.29, 0.717) is 5.69 Å². The van der Waals surface area contributed by atoms with Crippen LogP contribution in [0.3, 0.4) is 0 Å². The highest BCUT2D eigenvalue weighted by Gasteiger charge is 2.01. The van der Waals surface area contributed by atoms with E-state index in [1.807, 2.05) is 12.1 Å². The number of anilines is 1. The van der Waals surface area contributed by atoms with Crippen LogP contribution in [0.5, 0.6) is 0 Å². The van der Waals surface area contributed by atoms with Crippen LogP contribution in [0.4, 0.5) is 5.69 Å². The van der Waals surface area contributed by atoms with E-state index >= 15 is 0 Å². The average molecular weight is 152 g/mol. The monoisotopic (exact) mass is 152 g/mol. The highest BCUT2D eigenvalue weighted by Crippen LogP contribution is 2.11. The SMILES string of the molecule is Nc1ccc([C@@H](N)CO)cc1. The molecular weight excluding hydrogens is 140 g/mol. The Kier molecular flexibility index (Phi) is 2.46. The number of benzene rings is 1. The minimum absolute atomic E-state index is 0.0378. The first-order valence-corrected chi connectivity index (χ1v) is 3.46.